The molecule has 0 spiro atoms. The molecular weight excluding hydrogens is 347 g/mol. The normalized spacial score (nSPS) is 27.9. The quantitative estimate of drug-likeness (QED) is 0.558. The van der Waals surface area contributed by atoms with Crippen LogP contribution in [0.15, 0.2) is 6.33 Å². The third-order valence-corrected chi connectivity index (χ3v) is 5.95. The van der Waals surface area contributed by atoms with Crippen LogP contribution in [0.5, 0.6) is 0 Å². The van der Waals surface area contributed by atoms with Crippen LogP contribution in [0, 0.1) is 11.6 Å². The lowest BCUT2D eigenvalue weighted by Crippen LogP contribution is -2.31. The molecule has 132 valence electrons. The molecule has 0 aromatic carbocycles. The van der Waals surface area contributed by atoms with Gasteiger partial charge in [-0.25, -0.2) is 9.97 Å². The summed E-state index contributed by atoms with van der Waals surface area (Å²) in [6, 6.07) is 0. The summed E-state index contributed by atoms with van der Waals surface area (Å²) < 4.78 is 8.08. The maximum atomic E-state index is 10.4. The first-order valence-corrected chi connectivity index (χ1v) is 11.3. The largest absolute Gasteiger partial charge is 0.388 e. The van der Waals surface area contributed by atoms with E-state index in [1.54, 1.807) is 17.8 Å². The second-order valence-electron chi connectivity index (χ2n) is 6.97. The average Bonchev–Trinajstić information content (AvgIpc) is 3.00. The first kappa shape index (κ1) is 17.8. The van der Waals surface area contributed by atoms with Crippen molar-refractivity contribution in [2.45, 2.75) is 37.9 Å². The van der Waals surface area contributed by atoms with Crippen LogP contribution < -0.4 is 0 Å². The van der Waals surface area contributed by atoms with Crippen molar-refractivity contribution < 1.29 is 14.9 Å². The summed E-state index contributed by atoms with van der Waals surface area (Å²) in [5.41, 5.74) is 1.09. The number of nitrogens with one attached hydrogen (secondary N) is 1. The number of hydrogen-bond donors (Lipinski definition) is 3. The van der Waals surface area contributed by atoms with Crippen LogP contribution in [0.1, 0.15) is 18.5 Å². The van der Waals surface area contributed by atoms with Gasteiger partial charge in [-0.2, -0.15) is 0 Å². The molecule has 0 aliphatic carbocycles. The molecule has 9 heteroatoms. The lowest BCUT2D eigenvalue weighted by molar-refractivity contribution is -0.0353. The highest BCUT2D eigenvalue weighted by Crippen LogP contribution is 2.39. The minimum absolute atomic E-state index is 0.428. The molecule has 2 aromatic heterocycles. The molecule has 0 bridgehead atoms. The number of imidazole rings is 1. The number of rotatable bonds is 4. The molecular formula is C15H23N4O3PS. The van der Waals surface area contributed by atoms with Gasteiger partial charge in [-0.3, -0.25) is 4.57 Å². The van der Waals surface area contributed by atoms with Crippen molar-refractivity contribution in [3.63, 3.8) is 0 Å². The summed E-state index contributed by atoms with van der Waals surface area (Å²) in [7, 11) is 0. The monoisotopic (exact) mass is 370 g/mol. The van der Waals surface area contributed by atoms with Gasteiger partial charge in [0, 0.05) is 0 Å². The van der Waals surface area contributed by atoms with Gasteiger partial charge >= 0.3 is 0 Å². The zero-order valence-corrected chi connectivity index (χ0v) is 15.7. The van der Waals surface area contributed by atoms with Gasteiger partial charge in [0.25, 0.3) is 0 Å². The highest BCUT2D eigenvalue weighted by atomic mass is 32.1. The lowest BCUT2D eigenvalue weighted by atomic mass is 10.1. The molecule has 0 saturated carbocycles. The van der Waals surface area contributed by atoms with Crippen molar-refractivity contribution in [1.82, 2.24) is 19.5 Å². The van der Waals surface area contributed by atoms with Crippen molar-refractivity contribution >= 4 is 36.6 Å². The number of fused-ring (bicyclic) bond motifs is 1. The Morgan fingerprint density at radius 1 is 1.42 bits per heavy atom. The van der Waals surface area contributed by atoms with E-state index in [1.165, 1.54) is 0 Å². The number of aliphatic hydroxyl groups excluding tert-OH is 2. The molecule has 0 radical (unpaired) electrons. The first-order chi connectivity index (χ1) is 11.2. The van der Waals surface area contributed by atoms with E-state index in [2.05, 4.69) is 34.6 Å². The molecule has 4 atom stereocenters. The lowest BCUT2D eigenvalue weighted by Gasteiger charge is -2.18. The number of nitrogens with zero attached hydrogens (tertiary/aromatic N) is 3. The van der Waals surface area contributed by atoms with E-state index in [1.807, 2.05) is 0 Å². The van der Waals surface area contributed by atoms with E-state index in [-0.39, 0.29) is 0 Å². The fourth-order valence-corrected chi connectivity index (χ4v) is 4.14. The number of ether oxygens (including phenoxy) is 1. The van der Waals surface area contributed by atoms with Gasteiger partial charge in [0.2, 0.25) is 0 Å². The van der Waals surface area contributed by atoms with Crippen molar-refractivity contribution in [2.24, 2.45) is 0 Å². The highest BCUT2D eigenvalue weighted by molar-refractivity contribution is 7.72. The van der Waals surface area contributed by atoms with Gasteiger partial charge in [-0.1, -0.05) is 12.2 Å². The van der Waals surface area contributed by atoms with E-state index in [0.29, 0.717) is 28.0 Å². The Kier molecular flexibility index (Phi) is 4.70. The Labute approximate surface area is 145 Å². The molecule has 1 unspecified atom stereocenters. The van der Waals surface area contributed by atoms with Gasteiger partial charge in [-0.15, -0.1) is 13.2 Å². The average molecular weight is 370 g/mol. The van der Waals surface area contributed by atoms with Crippen LogP contribution in [0.25, 0.3) is 11.2 Å². The van der Waals surface area contributed by atoms with Crippen molar-refractivity contribution in [3.8, 4) is 0 Å². The van der Waals surface area contributed by atoms with E-state index < -0.39 is 31.4 Å². The maximum Gasteiger partial charge on any atom is 0.167 e. The third-order valence-electron chi connectivity index (χ3n) is 4.18. The SMILES string of the molecule is C=P(C)(C)CCC1O[C@@H](n2cnc3c(=S)[nH]c(C)nc32)[C@H](O)[C@@H]1O. The van der Waals surface area contributed by atoms with Gasteiger partial charge < -0.3 is 19.9 Å². The maximum absolute atomic E-state index is 10.4. The fourth-order valence-electron chi connectivity index (χ4n) is 2.90. The molecule has 1 saturated heterocycles. The zero-order chi connectivity index (χ0) is 17.6. The van der Waals surface area contributed by atoms with Crippen LogP contribution in [0.3, 0.4) is 0 Å². The molecule has 3 N–H and O–H groups in total. The Bertz CT molecular complexity index is 858. The second kappa shape index (κ2) is 6.35. The molecule has 24 heavy (non-hydrogen) atoms. The molecule has 1 fully saturated rings. The predicted octanol–water partition coefficient (Wildman–Crippen LogP) is 1.52. The fraction of sp³-hybridized carbons (Fsp3) is 0.600. The van der Waals surface area contributed by atoms with E-state index >= 15 is 0 Å². The molecule has 7 nitrogen and oxygen atoms in total. The summed E-state index contributed by atoms with van der Waals surface area (Å²) in [6.07, 6.45) is 4.13. The van der Waals surface area contributed by atoms with Gasteiger partial charge in [0.05, 0.1) is 12.4 Å². The number of aryl methyl sites for hydroxylation is 1. The Hall–Kier alpha value is -1.05. The topological polar surface area (TPSA) is 96.2 Å². The molecule has 2 aromatic rings. The van der Waals surface area contributed by atoms with Crippen molar-refractivity contribution in [3.05, 3.63) is 16.8 Å². The van der Waals surface area contributed by atoms with Crippen LogP contribution >= 0.6 is 19.1 Å². The van der Waals surface area contributed by atoms with Gasteiger partial charge in [-0.05, 0) is 32.8 Å². The smallest absolute Gasteiger partial charge is 0.167 e. The number of aromatic nitrogens is 4. The van der Waals surface area contributed by atoms with Crippen LogP contribution in [0.4, 0.5) is 0 Å². The number of aromatic amines is 1. The first-order valence-electron chi connectivity index (χ1n) is 7.80. The summed E-state index contributed by atoms with van der Waals surface area (Å²) in [5.74, 6) is 0.655. The van der Waals surface area contributed by atoms with Crippen molar-refractivity contribution in [1.29, 1.82) is 0 Å². The number of hydrogen-bond acceptors (Lipinski definition) is 6. The number of aliphatic hydroxyl groups is 2. The summed E-state index contributed by atoms with van der Waals surface area (Å²) in [6.45, 7) is 4.86. The van der Waals surface area contributed by atoms with Crippen LogP contribution in [0.2, 0.25) is 0 Å². The number of H-pyrrole nitrogens is 1. The predicted molar refractivity (Wildman–Crippen MR) is 98.7 cm³/mol. The third kappa shape index (κ3) is 3.34. The molecule has 3 rings (SSSR count). The Balaban J connectivity index is 1.90. The summed E-state index contributed by atoms with van der Waals surface area (Å²) >= 11 is 5.26. The van der Waals surface area contributed by atoms with E-state index in [4.69, 9.17) is 17.0 Å². The molecule has 0 amide bonds. The second-order valence-corrected chi connectivity index (χ2v) is 11.7. The molecule has 1 aliphatic rings. The van der Waals surface area contributed by atoms with Crippen LogP contribution in [-0.2, 0) is 4.74 Å². The highest BCUT2D eigenvalue weighted by Gasteiger charge is 2.44. The standard InChI is InChI=1S/C15H23N4O3PS/c1-8-17-13-10(14(24)18-8)16-7-19(13)15-12(21)11(20)9(22-15)5-6-23(2,3)4/h7,9,11-12,15,20-21H,2,5-6H2,1,3-4H3,(H,17,18,24)/t9?,11-,12-,15-/m1/s1. The van der Waals surface area contributed by atoms with Gasteiger partial charge in [0.1, 0.15) is 28.2 Å². The minimum atomic E-state index is -1.22. The summed E-state index contributed by atoms with van der Waals surface area (Å²) in [4.78, 5) is 11.6. The minimum Gasteiger partial charge on any atom is -0.388 e. The van der Waals surface area contributed by atoms with Gasteiger partial charge in [0.15, 0.2) is 11.9 Å². The van der Waals surface area contributed by atoms with E-state index in [9.17, 15) is 10.2 Å². The Morgan fingerprint density at radius 3 is 2.79 bits per heavy atom. The molecule has 3 heterocycles. The van der Waals surface area contributed by atoms with Crippen molar-refractivity contribution in [2.75, 3.05) is 19.5 Å². The Morgan fingerprint density at radius 2 is 2.12 bits per heavy atom. The zero-order valence-electron chi connectivity index (χ0n) is 14.0. The van der Waals surface area contributed by atoms with Crippen LogP contribution in [-0.4, -0.2) is 73.8 Å². The molecule has 1 aliphatic heterocycles. The van der Waals surface area contributed by atoms with E-state index in [0.717, 1.165) is 6.16 Å². The summed E-state index contributed by atoms with van der Waals surface area (Å²) in [5, 5.41) is 20.8.